The molecule has 0 aliphatic rings. The summed E-state index contributed by atoms with van der Waals surface area (Å²) in [4.78, 5) is 4.63. The molecule has 1 unspecified atom stereocenters. The lowest BCUT2D eigenvalue weighted by atomic mass is 10.3. The predicted octanol–water partition coefficient (Wildman–Crippen LogP) is 1.73. The minimum Gasteiger partial charge on any atom is -0.383 e. The van der Waals surface area contributed by atoms with Crippen LogP contribution in [-0.4, -0.2) is 25.2 Å². The number of nitrogens with two attached hydrogens (primary N) is 1. The van der Waals surface area contributed by atoms with Crippen LogP contribution in [0.3, 0.4) is 0 Å². The van der Waals surface area contributed by atoms with Crippen LogP contribution < -0.4 is 5.73 Å². The van der Waals surface area contributed by atoms with Crippen molar-refractivity contribution in [2.24, 2.45) is 5.73 Å². The number of hydrogen-bond acceptors (Lipinski definition) is 4. The molecule has 0 fully saturated rings. The summed E-state index contributed by atoms with van der Waals surface area (Å²) < 4.78 is 5.02. The second-order valence-electron chi connectivity index (χ2n) is 2.64. The zero-order chi connectivity index (χ0) is 9.68. The Balaban J connectivity index is 2.56. The number of ether oxygens (including phenoxy) is 1. The zero-order valence-electron chi connectivity index (χ0n) is 7.50. The number of rotatable bonds is 5. The molecular weight excluding hydrogens is 252 g/mol. The van der Waals surface area contributed by atoms with Gasteiger partial charge in [0.2, 0.25) is 0 Å². The minimum absolute atomic E-state index is 0.203. The Bertz CT molecular complexity index is 254. The molecule has 1 aromatic heterocycles. The average Bonchev–Trinajstić information content (AvgIpc) is 2.54. The topological polar surface area (TPSA) is 48.1 Å². The van der Waals surface area contributed by atoms with E-state index in [0.717, 1.165) is 17.1 Å². The van der Waals surface area contributed by atoms with Gasteiger partial charge in [-0.2, -0.15) is 0 Å². The van der Waals surface area contributed by atoms with E-state index in [0.29, 0.717) is 13.2 Å². The van der Waals surface area contributed by atoms with Gasteiger partial charge in [-0.15, -0.1) is 11.3 Å². The lowest BCUT2D eigenvalue weighted by Crippen LogP contribution is -2.03. The van der Waals surface area contributed by atoms with Crippen molar-refractivity contribution in [3.05, 3.63) is 16.1 Å². The summed E-state index contributed by atoms with van der Waals surface area (Å²) in [5, 5.41) is 3.11. The van der Waals surface area contributed by atoms with E-state index in [1.165, 1.54) is 0 Å². The molecule has 0 amide bonds. The summed E-state index contributed by atoms with van der Waals surface area (Å²) in [6.45, 7) is 1.30. The van der Waals surface area contributed by atoms with Crippen molar-refractivity contribution in [1.29, 1.82) is 0 Å². The Hall–Kier alpha value is 0.0300. The minimum atomic E-state index is 0.203. The van der Waals surface area contributed by atoms with E-state index in [9.17, 15) is 0 Å². The van der Waals surface area contributed by atoms with Gasteiger partial charge in [0, 0.05) is 18.9 Å². The number of hydrogen-bond donors (Lipinski definition) is 1. The molecule has 0 radical (unpaired) electrons. The third-order valence-corrected chi connectivity index (χ3v) is 3.56. The Morgan fingerprint density at radius 3 is 3.15 bits per heavy atom. The molecule has 1 heterocycles. The lowest BCUT2D eigenvalue weighted by molar-refractivity contribution is 0.201. The smallest absolute Gasteiger partial charge is 0.109 e. The van der Waals surface area contributed by atoms with Crippen LogP contribution in [0.5, 0.6) is 0 Å². The van der Waals surface area contributed by atoms with Crippen LogP contribution in [0.25, 0.3) is 0 Å². The van der Waals surface area contributed by atoms with E-state index >= 15 is 0 Å². The number of thiazole rings is 1. The van der Waals surface area contributed by atoms with Gasteiger partial charge in [-0.1, -0.05) is 15.9 Å². The molecule has 0 bridgehead atoms. The molecule has 5 heteroatoms. The summed E-state index contributed by atoms with van der Waals surface area (Å²) >= 11 is 5.15. The van der Waals surface area contributed by atoms with E-state index in [-0.39, 0.29) is 4.83 Å². The fraction of sp³-hybridized carbons (Fsp3) is 0.625. The summed E-state index contributed by atoms with van der Waals surface area (Å²) in [7, 11) is 1.68. The fourth-order valence-electron chi connectivity index (χ4n) is 0.947. The van der Waals surface area contributed by atoms with Crippen molar-refractivity contribution in [1.82, 2.24) is 4.98 Å². The number of halogens is 1. The molecule has 1 aromatic rings. The predicted molar refractivity (Wildman–Crippen MR) is 58.4 cm³/mol. The van der Waals surface area contributed by atoms with Gasteiger partial charge in [-0.25, -0.2) is 4.98 Å². The lowest BCUT2D eigenvalue weighted by Gasteiger charge is -2.03. The summed E-state index contributed by atoms with van der Waals surface area (Å²) in [5.41, 5.74) is 6.51. The van der Waals surface area contributed by atoms with Crippen LogP contribution in [0.4, 0.5) is 0 Å². The van der Waals surface area contributed by atoms with Gasteiger partial charge >= 0.3 is 0 Å². The number of methoxy groups -OCH3 is 1. The first-order valence-electron chi connectivity index (χ1n) is 4.05. The van der Waals surface area contributed by atoms with Crippen LogP contribution in [0.2, 0.25) is 0 Å². The number of aromatic nitrogens is 1. The van der Waals surface area contributed by atoms with E-state index in [4.69, 9.17) is 10.5 Å². The maximum Gasteiger partial charge on any atom is 0.109 e. The SMILES string of the molecule is COCC(Br)c1nc(CCN)cs1. The molecule has 0 spiro atoms. The van der Waals surface area contributed by atoms with Gasteiger partial charge in [0.25, 0.3) is 0 Å². The van der Waals surface area contributed by atoms with Crippen molar-refractivity contribution in [2.45, 2.75) is 11.2 Å². The molecule has 3 nitrogen and oxygen atoms in total. The molecule has 0 aliphatic carbocycles. The van der Waals surface area contributed by atoms with Crippen LogP contribution >= 0.6 is 27.3 Å². The standard InChI is InChI=1S/C8H13BrN2OS/c1-12-4-7(9)8-11-6(2-3-10)5-13-8/h5,7H,2-4,10H2,1H3. The van der Waals surface area contributed by atoms with E-state index < -0.39 is 0 Å². The van der Waals surface area contributed by atoms with Gasteiger partial charge in [0.05, 0.1) is 17.1 Å². The second kappa shape index (κ2) is 5.70. The molecule has 2 N–H and O–H groups in total. The highest BCUT2D eigenvalue weighted by molar-refractivity contribution is 9.09. The highest BCUT2D eigenvalue weighted by Crippen LogP contribution is 2.25. The van der Waals surface area contributed by atoms with Crippen LogP contribution in [0.1, 0.15) is 15.5 Å². The monoisotopic (exact) mass is 264 g/mol. The first-order chi connectivity index (χ1) is 6.27. The second-order valence-corrected chi connectivity index (χ2v) is 4.63. The fourth-order valence-corrected chi connectivity index (χ4v) is 2.45. The Labute approximate surface area is 90.4 Å². The third kappa shape index (κ3) is 3.34. The zero-order valence-corrected chi connectivity index (χ0v) is 9.90. The van der Waals surface area contributed by atoms with Gasteiger partial charge in [-0.05, 0) is 6.54 Å². The first-order valence-corrected chi connectivity index (χ1v) is 5.84. The molecule has 0 saturated carbocycles. The van der Waals surface area contributed by atoms with Crippen molar-refractivity contribution in [2.75, 3.05) is 20.3 Å². The Kier molecular flexibility index (Phi) is 4.87. The largest absolute Gasteiger partial charge is 0.383 e. The Morgan fingerprint density at radius 2 is 2.54 bits per heavy atom. The van der Waals surface area contributed by atoms with E-state index in [1.807, 2.05) is 5.38 Å². The number of alkyl halides is 1. The van der Waals surface area contributed by atoms with E-state index in [1.54, 1.807) is 18.4 Å². The molecule has 1 rings (SSSR count). The number of nitrogens with zero attached hydrogens (tertiary/aromatic N) is 1. The van der Waals surface area contributed by atoms with Crippen molar-refractivity contribution in [3.8, 4) is 0 Å². The molecule has 0 aromatic carbocycles. The molecule has 74 valence electrons. The normalized spacial score (nSPS) is 13.2. The summed E-state index contributed by atoms with van der Waals surface area (Å²) in [6.07, 6.45) is 0.850. The van der Waals surface area contributed by atoms with Gasteiger partial charge in [-0.3, -0.25) is 0 Å². The average molecular weight is 265 g/mol. The quantitative estimate of drug-likeness (QED) is 0.825. The molecule has 0 aliphatic heterocycles. The van der Waals surface area contributed by atoms with Crippen LogP contribution in [-0.2, 0) is 11.2 Å². The van der Waals surface area contributed by atoms with Crippen LogP contribution in [0, 0.1) is 0 Å². The summed E-state index contributed by atoms with van der Waals surface area (Å²) in [5.74, 6) is 0. The highest BCUT2D eigenvalue weighted by Gasteiger charge is 2.11. The van der Waals surface area contributed by atoms with Gasteiger partial charge < -0.3 is 10.5 Å². The molecule has 13 heavy (non-hydrogen) atoms. The first kappa shape index (κ1) is 11.1. The molecular formula is C8H13BrN2OS. The molecule has 0 saturated heterocycles. The molecule has 1 atom stereocenters. The van der Waals surface area contributed by atoms with Crippen LogP contribution in [0.15, 0.2) is 5.38 Å². The van der Waals surface area contributed by atoms with Crippen molar-refractivity contribution < 1.29 is 4.74 Å². The maximum absolute atomic E-state index is 5.43. The summed E-state index contributed by atoms with van der Waals surface area (Å²) in [6, 6.07) is 0. The van der Waals surface area contributed by atoms with Crippen molar-refractivity contribution >= 4 is 27.3 Å². The highest BCUT2D eigenvalue weighted by atomic mass is 79.9. The van der Waals surface area contributed by atoms with Gasteiger partial charge in [0.15, 0.2) is 0 Å². The van der Waals surface area contributed by atoms with Gasteiger partial charge in [0.1, 0.15) is 5.01 Å². The van der Waals surface area contributed by atoms with E-state index in [2.05, 4.69) is 20.9 Å². The van der Waals surface area contributed by atoms with Crippen molar-refractivity contribution in [3.63, 3.8) is 0 Å². The maximum atomic E-state index is 5.43. The third-order valence-electron chi connectivity index (χ3n) is 1.55. The Morgan fingerprint density at radius 1 is 1.77 bits per heavy atom.